The number of rotatable bonds is 0. The van der Waals surface area contributed by atoms with Gasteiger partial charge in [-0.3, -0.25) is 4.90 Å². The Morgan fingerprint density at radius 1 is 0.923 bits per heavy atom. The minimum Gasteiger partial charge on any atom is -0.299 e. The lowest BCUT2D eigenvalue weighted by Crippen LogP contribution is -2.43. The zero-order chi connectivity index (χ0) is 10.9. The van der Waals surface area contributed by atoms with Crippen molar-refractivity contribution in [2.45, 2.75) is 53.6 Å². The van der Waals surface area contributed by atoms with E-state index >= 15 is 0 Å². The molecule has 1 heterocycles. The van der Waals surface area contributed by atoms with Crippen molar-refractivity contribution < 1.29 is 0 Å². The summed E-state index contributed by atoms with van der Waals surface area (Å²) >= 11 is 2.07. The van der Waals surface area contributed by atoms with E-state index in [1.54, 1.807) is 0 Å². The Hall–Kier alpha value is 0.310. The van der Waals surface area contributed by atoms with Gasteiger partial charge in [-0.05, 0) is 20.9 Å². The first kappa shape index (κ1) is 15.8. The summed E-state index contributed by atoms with van der Waals surface area (Å²) in [6.45, 7) is 12.6. The third kappa shape index (κ3) is 6.39. The monoisotopic (exact) mass is 205 g/mol. The van der Waals surface area contributed by atoms with Crippen molar-refractivity contribution in [3.63, 3.8) is 0 Å². The van der Waals surface area contributed by atoms with Crippen LogP contribution in [-0.2, 0) is 0 Å². The fourth-order valence-corrected chi connectivity index (χ4v) is 2.37. The molecule has 2 atom stereocenters. The summed E-state index contributed by atoms with van der Waals surface area (Å²) in [5.74, 6) is 2.61. The van der Waals surface area contributed by atoms with E-state index in [0.29, 0.717) is 0 Å². The van der Waals surface area contributed by atoms with E-state index in [4.69, 9.17) is 0 Å². The minimum absolute atomic E-state index is 0.777. The molecule has 1 fully saturated rings. The Bertz CT molecular complexity index is 86.1. The van der Waals surface area contributed by atoms with Crippen molar-refractivity contribution in [1.29, 1.82) is 0 Å². The minimum atomic E-state index is 0.777. The number of hydrogen-bond donors (Lipinski definition) is 0. The molecule has 1 saturated heterocycles. The second-order valence-corrected chi connectivity index (χ2v) is 3.98. The van der Waals surface area contributed by atoms with Crippen LogP contribution in [0.3, 0.4) is 0 Å². The highest BCUT2D eigenvalue weighted by Crippen LogP contribution is 2.18. The van der Waals surface area contributed by atoms with Crippen molar-refractivity contribution in [2.75, 3.05) is 18.6 Å². The third-order valence-electron chi connectivity index (χ3n) is 2.11. The molecule has 1 nitrogen and oxygen atoms in total. The van der Waals surface area contributed by atoms with Gasteiger partial charge in [-0.2, -0.15) is 11.8 Å². The molecular formula is C11H27NS. The fourth-order valence-electron chi connectivity index (χ4n) is 1.08. The quantitative estimate of drug-likeness (QED) is 0.595. The normalized spacial score (nSPS) is 27.9. The van der Waals surface area contributed by atoms with Crippen LogP contribution >= 0.6 is 11.8 Å². The van der Waals surface area contributed by atoms with Gasteiger partial charge < -0.3 is 0 Å². The molecule has 0 aromatic rings. The van der Waals surface area contributed by atoms with E-state index in [-0.39, 0.29) is 0 Å². The fraction of sp³-hybridized carbons (Fsp3) is 1.00. The van der Waals surface area contributed by atoms with E-state index in [0.717, 1.165) is 12.1 Å². The molecule has 1 aliphatic rings. The molecule has 0 amide bonds. The van der Waals surface area contributed by atoms with Crippen LogP contribution < -0.4 is 0 Å². The van der Waals surface area contributed by atoms with Crippen LogP contribution in [0, 0.1) is 0 Å². The largest absolute Gasteiger partial charge is 0.299 e. The maximum absolute atomic E-state index is 2.45. The predicted molar refractivity (Wildman–Crippen MR) is 66.7 cm³/mol. The molecule has 13 heavy (non-hydrogen) atoms. The smallest absolute Gasteiger partial charge is 0.0158 e. The number of nitrogens with zero attached hydrogens (tertiary/aromatic N) is 1. The maximum atomic E-state index is 2.45. The van der Waals surface area contributed by atoms with Gasteiger partial charge in [-0.15, -0.1) is 0 Å². The van der Waals surface area contributed by atoms with Crippen molar-refractivity contribution >= 4 is 11.8 Å². The van der Waals surface area contributed by atoms with E-state index in [1.807, 2.05) is 27.7 Å². The Morgan fingerprint density at radius 2 is 1.23 bits per heavy atom. The van der Waals surface area contributed by atoms with E-state index in [9.17, 15) is 0 Å². The van der Waals surface area contributed by atoms with Crippen LogP contribution in [0.15, 0.2) is 0 Å². The lowest BCUT2D eigenvalue weighted by molar-refractivity contribution is 0.220. The third-order valence-corrected chi connectivity index (χ3v) is 3.54. The zero-order valence-corrected chi connectivity index (χ0v) is 11.2. The molecule has 0 aromatic carbocycles. The summed E-state index contributed by atoms with van der Waals surface area (Å²) in [7, 11) is 2.22. The van der Waals surface area contributed by atoms with Gasteiger partial charge in [0.25, 0.3) is 0 Å². The van der Waals surface area contributed by atoms with Gasteiger partial charge in [0.05, 0.1) is 0 Å². The summed E-state index contributed by atoms with van der Waals surface area (Å²) in [6, 6.07) is 1.55. The van der Waals surface area contributed by atoms with Gasteiger partial charge in [0, 0.05) is 23.6 Å². The Morgan fingerprint density at radius 3 is 1.46 bits per heavy atom. The van der Waals surface area contributed by atoms with Gasteiger partial charge in [0.1, 0.15) is 0 Å². The maximum Gasteiger partial charge on any atom is 0.0158 e. The molecule has 0 radical (unpaired) electrons. The highest BCUT2D eigenvalue weighted by atomic mass is 32.2. The predicted octanol–water partition coefficient (Wildman–Crippen LogP) is 3.49. The van der Waals surface area contributed by atoms with E-state index in [2.05, 4.69) is 37.6 Å². The van der Waals surface area contributed by atoms with Crippen molar-refractivity contribution in [1.82, 2.24) is 4.90 Å². The first-order chi connectivity index (χ1) is 6.22. The molecule has 0 bridgehead atoms. The highest BCUT2D eigenvalue weighted by molar-refractivity contribution is 7.99. The molecule has 2 unspecified atom stereocenters. The molecule has 0 N–H and O–H groups in total. The summed E-state index contributed by atoms with van der Waals surface area (Å²) in [5, 5.41) is 0. The number of thioether (sulfide) groups is 1. The molecule has 0 spiro atoms. The van der Waals surface area contributed by atoms with Crippen molar-refractivity contribution in [3.8, 4) is 0 Å². The summed E-state index contributed by atoms with van der Waals surface area (Å²) in [5.41, 5.74) is 0. The van der Waals surface area contributed by atoms with Gasteiger partial charge >= 0.3 is 0 Å². The Kier molecular flexibility index (Phi) is 12.6. The van der Waals surface area contributed by atoms with Crippen molar-refractivity contribution in [3.05, 3.63) is 0 Å². The lowest BCUT2D eigenvalue weighted by atomic mass is 10.2. The lowest BCUT2D eigenvalue weighted by Gasteiger charge is -2.35. The average Bonchev–Trinajstić information content (AvgIpc) is 2.20. The highest BCUT2D eigenvalue weighted by Gasteiger charge is 2.20. The second kappa shape index (κ2) is 10.4. The zero-order valence-electron chi connectivity index (χ0n) is 10.4. The second-order valence-electron chi connectivity index (χ2n) is 2.90. The van der Waals surface area contributed by atoms with E-state index in [1.165, 1.54) is 11.5 Å². The number of hydrogen-bond acceptors (Lipinski definition) is 2. The van der Waals surface area contributed by atoms with Gasteiger partial charge in [0.15, 0.2) is 0 Å². The van der Waals surface area contributed by atoms with Gasteiger partial charge in [-0.25, -0.2) is 0 Å². The standard InChI is InChI=1S/C7H15NS.2C2H6/c1-6-4-9-5-7(2)8(6)3;2*1-2/h6-7H,4-5H2,1-3H3;2*1-2H3. The molecule has 1 aliphatic heterocycles. The van der Waals surface area contributed by atoms with Crippen LogP contribution in [-0.4, -0.2) is 35.5 Å². The molecule has 0 aromatic heterocycles. The molecule has 0 saturated carbocycles. The molecule has 82 valence electrons. The molecule has 1 rings (SSSR count). The van der Waals surface area contributed by atoms with Crippen LogP contribution in [0.5, 0.6) is 0 Å². The van der Waals surface area contributed by atoms with Gasteiger partial charge in [-0.1, -0.05) is 27.7 Å². The van der Waals surface area contributed by atoms with Crippen molar-refractivity contribution in [2.24, 2.45) is 0 Å². The first-order valence-electron chi connectivity index (χ1n) is 5.51. The summed E-state index contributed by atoms with van der Waals surface area (Å²) in [6.07, 6.45) is 0. The van der Waals surface area contributed by atoms with Gasteiger partial charge in [0.2, 0.25) is 0 Å². The summed E-state index contributed by atoms with van der Waals surface area (Å²) in [4.78, 5) is 2.45. The molecular weight excluding hydrogens is 178 g/mol. The van der Waals surface area contributed by atoms with Crippen LogP contribution in [0.25, 0.3) is 0 Å². The van der Waals surface area contributed by atoms with Crippen LogP contribution in [0.2, 0.25) is 0 Å². The Labute approximate surface area is 89.3 Å². The van der Waals surface area contributed by atoms with E-state index < -0.39 is 0 Å². The van der Waals surface area contributed by atoms with Crippen LogP contribution in [0.4, 0.5) is 0 Å². The Balaban J connectivity index is 0. The molecule has 2 heteroatoms. The summed E-state index contributed by atoms with van der Waals surface area (Å²) < 4.78 is 0. The first-order valence-corrected chi connectivity index (χ1v) is 6.67. The SMILES string of the molecule is CC.CC.CC1CSCC(C)N1C. The average molecular weight is 205 g/mol. The topological polar surface area (TPSA) is 3.24 Å². The molecule has 0 aliphatic carbocycles. The van der Waals surface area contributed by atoms with Crippen LogP contribution in [0.1, 0.15) is 41.5 Å².